The normalized spacial score (nSPS) is 16.3. The fourth-order valence-corrected chi connectivity index (χ4v) is 4.15. The quantitative estimate of drug-likeness (QED) is 0.878. The SMILES string of the molecule is O=S(=O)(NCC1CCN(c2ncccn2)CC1)c1cccc(Cl)c1. The molecule has 1 aliphatic rings. The number of benzene rings is 1. The molecule has 0 spiro atoms. The monoisotopic (exact) mass is 366 g/mol. The molecule has 0 aliphatic carbocycles. The molecule has 0 bridgehead atoms. The van der Waals surface area contributed by atoms with Gasteiger partial charge < -0.3 is 4.90 Å². The van der Waals surface area contributed by atoms with Crippen molar-refractivity contribution in [3.8, 4) is 0 Å². The van der Waals surface area contributed by atoms with Crippen LogP contribution in [0.15, 0.2) is 47.6 Å². The van der Waals surface area contributed by atoms with Gasteiger partial charge in [-0.2, -0.15) is 0 Å². The van der Waals surface area contributed by atoms with E-state index in [1.165, 1.54) is 6.07 Å². The van der Waals surface area contributed by atoms with Crippen LogP contribution in [0.5, 0.6) is 0 Å². The second-order valence-electron chi connectivity index (χ2n) is 5.79. The number of piperidine rings is 1. The van der Waals surface area contributed by atoms with Crippen LogP contribution in [0.1, 0.15) is 12.8 Å². The third-order valence-electron chi connectivity index (χ3n) is 4.12. The number of anilines is 1. The molecule has 6 nitrogen and oxygen atoms in total. The highest BCUT2D eigenvalue weighted by molar-refractivity contribution is 7.89. The minimum absolute atomic E-state index is 0.199. The number of sulfonamides is 1. The van der Waals surface area contributed by atoms with Crippen molar-refractivity contribution < 1.29 is 8.42 Å². The molecule has 2 aromatic rings. The third-order valence-corrected chi connectivity index (χ3v) is 5.77. The molecule has 1 aromatic heterocycles. The van der Waals surface area contributed by atoms with Gasteiger partial charge in [0.05, 0.1) is 4.90 Å². The summed E-state index contributed by atoms with van der Waals surface area (Å²) in [5, 5.41) is 0.411. The smallest absolute Gasteiger partial charge is 0.240 e. The van der Waals surface area contributed by atoms with Gasteiger partial charge in [-0.15, -0.1) is 0 Å². The van der Waals surface area contributed by atoms with Crippen LogP contribution < -0.4 is 9.62 Å². The van der Waals surface area contributed by atoms with Crippen molar-refractivity contribution in [1.82, 2.24) is 14.7 Å². The Balaban J connectivity index is 1.53. The van der Waals surface area contributed by atoms with E-state index in [1.54, 1.807) is 36.7 Å². The molecule has 0 saturated carbocycles. The number of halogens is 1. The number of nitrogens with zero attached hydrogens (tertiary/aromatic N) is 3. The van der Waals surface area contributed by atoms with Gasteiger partial charge in [0.25, 0.3) is 0 Å². The summed E-state index contributed by atoms with van der Waals surface area (Å²) in [6, 6.07) is 8.08. The lowest BCUT2D eigenvalue weighted by Crippen LogP contribution is -2.39. The Labute approximate surface area is 146 Å². The van der Waals surface area contributed by atoms with Gasteiger partial charge in [-0.05, 0) is 43.0 Å². The van der Waals surface area contributed by atoms with Crippen molar-refractivity contribution in [2.45, 2.75) is 17.7 Å². The Morgan fingerprint density at radius 1 is 1.17 bits per heavy atom. The van der Waals surface area contributed by atoms with Gasteiger partial charge in [-0.25, -0.2) is 23.1 Å². The van der Waals surface area contributed by atoms with E-state index in [0.717, 1.165) is 31.9 Å². The summed E-state index contributed by atoms with van der Waals surface area (Å²) in [7, 11) is -3.52. The minimum atomic E-state index is -3.52. The summed E-state index contributed by atoms with van der Waals surface area (Å²) in [4.78, 5) is 10.8. The van der Waals surface area contributed by atoms with E-state index in [9.17, 15) is 8.42 Å². The lowest BCUT2D eigenvalue weighted by Gasteiger charge is -2.31. The second-order valence-corrected chi connectivity index (χ2v) is 7.99. The summed E-state index contributed by atoms with van der Waals surface area (Å²) in [5.74, 6) is 1.04. The van der Waals surface area contributed by atoms with E-state index in [0.29, 0.717) is 17.5 Å². The van der Waals surface area contributed by atoms with Crippen LogP contribution in [0, 0.1) is 5.92 Å². The molecule has 0 atom stereocenters. The number of rotatable bonds is 5. The molecule has 2 heterocycles. The summed E-state index contributed by atoms with van der Waals surface area (Å²) in [6.07, 6.45) is 5.26. The first-order valence-corrected chi connectivity index (χ1v) is 9.68. The van der Waals surface area contributed by atoms with Crippen LogP contribution in [-0.2, 0) is 10.0 Å². The van der Waals surface area contributed by atoms with E-state index >= 15 is 0 Å². The summed E-state index contributed by atoms with van der Waals surface area (Å²) < 4.78 is 27.3. The van der Waals surface area contributed by atoms with Crippen molar-refractivity contribution in [1.29, 1.82) is 0 Å². The number of nitrogens with one attached hydrogen (secondary N) is 1. The van der Waals surface area contributed by atoms with E-state index in [1.807, 2.05) is 0 Å². The fourth-order valence-electron chi connectivity index (χ4n) is 2.74. The molecule has 0 unspecified atom stereocenters. The first kappa shape index (κ1) is 17.1. The number of hydrogen-bond acceptors (Lipinski definition) is 5. The fraction of sp³-hybridized carbons (Fsp3) is 0.375. The molecule has 128 valence electrons. The Morgan fingerprint density at radius 2 is 1.88 bits per heavy atom. The highest BCUT2D eigenvalue weighted by Crippen LogP contribution is 2.21. The second kappa shape index (κ2) is 7.46. The van der Waals surface area contributed by atoms with Gasteiger partial charge in [0.2, 0.25) is 16.0 Å². The summed E-state index contributed by atoms with van der Waals surface area (Å²) >= 11 is 5.86. The predicted molar refractivity (Wildman–Crippen MR) is 93.6 cm³/mol. The average Bonchev–Trinajstić information content (AvgIpc) is 2.61. The van der Waals surface area contributed by atoms with Crippen LogP contribution in [0.3, 0.4) is 0 Å². The van der Waals surface area contributed by atoms with Crippen LogP contribution in [0.4, 0.5) is 5.95 Å². The maximum absolute atomic E-state index is 12.3. The highest BCUT2D eigenvalue weighted by atomic mass is 35.5. The van der Waals surface area contributed by atoms with Crippen LogP contribution in [-0.4, -0.2) is 38.0 Å². The zero-order valence-electron chi connectivity index (χ0n) is 13.1. The van der Waals surface area contributed by atoms with Crippen molar-refractivity contribution in [3.05, 3.63) is 47.7 Å². The van der Waals surface area contributed by atoms with Gasteiger partial charge >= 0.3 is 0 Å². The van der Waals surface area contributed by atoms with Crippen molar-refractivity contribution in [3.63, 3.8) is 0 Å². The van der Waals surface area contributed by atoms with Crippen LogP contribution in [0.25, 0.3) is 0 Å². The van der Waals surface area contributed by atoms with Gasteiger partial charge in [0, 0.05) is 37.1 Å². The van der Waals surface area contributed by atoms with Crippen LogP contribution >= 0.6 is 11.6 Å². The third kappa shape index (κ3) is 4.23. The maximum atomic E-state index is 12.3. The van der Waals surface area contributed by atoms with Gasteiger partial charge in [0.1, 0.15) is 0 Å². The van der Waals surface area contributed by atoms with Gasteiger partial charge in [0.15, 0.2) is 0 Å². The lowest BCUT2D eigenvalue weighted by atomic mass is 9.97. The Kier molecular flexibility index (Phi) is 5.33. The predicted octanol–water partition coefficient (Wildman–Crippen LogP) is 2.32. The van der Waals surface area contributed by atoms with Gasteiger partial charge in [-0.3, -0.25) is 0 Å². The Hall–Kier alpha value is -1.70. The lowest BCUT2D eigenvalue weighted by molar-refractivity contribution is 0.399. The first-order chi connectivity index (χ1) is 11.5. The van der Waals surface area contributed by atoms with E-state index < -0.39 is 10.0 Å². The Morgan fingerprint density at radius 3 is 2.54 bits per heavy atom. The summed E-state index contributed by atoms with van der Waals surface area (Å²) in [6.45, 7) is 2.08. The molecule has 1 fully saturated rings. The molecule has 1 aliphatic heterocycles. The molecule has 1 saturated heterocycles. The highest BCUT2D eigenvalue weighted by Gasteiger charge is 2.23. The summed E-state index contributed by atoms with van der Waals surface area (Å²) in [5.41, 5.74) is 0. The van der Waals surface area contributed by atoms with E-state index in [4.69, 9.17) is 11.6 Å². The molecule has 3 rings (SSSR count). The molecular weight excluding hydrogens is 348 g/mol. The largest absolute Gasteiger partial charge is 0.341 e. The topological polar surface area (TPSA) is 75.2 Å². The molecular formula is C16H19ClN4O2S. The zero-order chi connectivity index (χ0) is 17.0. The van der Waals surface area contributed by atoms with Crippen LogP contribution in [0.2, 0.25) is 5.02 Å². The molecule has 8 heteroatoms. The zero-order valence-corrected chi connectivity index (χ0v) is 14.7. The molecule has 1 N–H and O–H groups in total. The molecule has 0 radical (unpaired) electrons. The molecule has 24 heavy (non-hydrogen) atoms. The van der Waals surface area contributed by atoms with Crippen molar-refractivity contribution in [2.75, 3.05) is 24.5 Å². The van der Waals surface area contributed by atoms with Gasteiger partial charge in [-0.1, -0.05) is 17.7 Å². The molecule has 1 aromatic carbocycles. The first-order valence-electron chi connectivity index (χ1n) is 7.82. The average molecular weight is 367 g/mol. The van der Waals surface area contributed by atoms with Crippen molar-refractivity contribution in [2.24, 2.45) is 5.92 Å². The molecule has 0 amide bonds. The Bertz CT molecular complexity index is 778. The van der Waals surface area contributed by atoms with E-state index in [-0.39, 0.29) is 4.90 Å². The number of aromatic nitrogens is 2. The van der Waals surface area contributed by atoms with Crippen molar-refractivity contribution >= 4 is 27.6 Å². The standard InChI is InChI=1S/C16H19ClN4O2S/c17-14-3-1-4-15(11-14)24(22,23)20-12-13-5-9-21(10-6-13)16-18-7-2-8-19-16/h1-4,7-8,11,13,20H,5-6,9-10,12H2. The minimum Gasteiger partial charge on any atom is -0.341 e. The maximum Gasteiger partial charge on any atom is 0.240 e. The van der Waals surface area contributed by atoms with E-state index in [2.05, 4.69) is 19.6 Å². The number of hydrogen-bond donors (Lipinski definition) is 1.